The number of thiazole rings is 1. The van der Waals surface area contributed by atoms with E-state index in [1.807, 2.05) is 6.92 Å². The summed E-state index contributed by atoms with van der Waals surface area (Å²) in [6, 6.07) is 0. The molecule has 0 aromatic carbocycles. The fourth-order valence-corrected chi connectivity index (χ4v) is 4.01. The molecule has 3 atom stereocenters. The van der Waals surface area contributed by atoms with Crippen LogP contribution in [-0.2, 0) is 20.8 Å². The van der Waals surface area contributed by atoms with Crippen LogP contribution >= 0.6 is 11.3 Å². The summed E-state index contributed by atoms with van der Waals surface area (Å²) in [6.45, 7) is 5.93. The van der Waals surface area contributed by atoms with Crippen molar-refractivity contribution in [3.8, 4) is 0 Å². The Balaban J connectivity index is 1.48. The number of fused-ring (bicyclic) bond motifs is 1. The topological polar surface area (TPSA) is 63.7 Å². The normalized spacial score (nSPS) is 27.8. The third-order valence-electron chi connectivity index (χ3n) is 4.59. The van der Waals surface area contributed by atoms with Crippen LogP contribution in [0.1, 0.15) is 23.5 Å². The first-order valence-electron chi connectivity index (χ1n) is 8.21. The number of nitrogens with zero attached hydrogens (tertiary/aromatic N) is 2. The molecule has 6 nitrogen and oxygen atoms in total. The van der Waals surface area contributed by atoms with Crippen molar-refractivity contribution < 1.29 is 14.3 Å². The van der Waals surface area contributed by atoms with Gasteiger partial charge in [-0.15, -0.1) is 11.3 Å². The number of carbonyl (C=O) groups is 1. The van der Waals surface area contributed by atoms with Crippen molar-refractivity contribution in [2.75, 3.05) is 33.4 Å². The monoisotopic (exact) mass is 339 g/mol. The fourth-order valence-electron chi connectivity index (χ4n) is 3.41. The van der Waals surface area contributed by atoms with Crippen LogP contribution in [0.4, 0.5) is 0 Å². The molecular formula is C16H25N3O3S. The van der Waals surface area contributed by atoms with Crippen LogP contribution in [0.5, 0.6) is 0 Å². The molecule has 3 rings (SSSR count). The van der Waals surface area contributed by atoms with E-state index in [1.165, 1.54) is 0 Å². The Labute approximate surface area is 141 Å². The minimum atomic E-state index is -0.302. The molecule has 1 aromatic rings. The van der Waals surface area contributed by atoms with E-state index in [0.29, 0.717) is 19.1 Å². The molecule has 2 aliphatic heterocycles. The van der Waals surface area contributed by atoms with E-state index in [2.05, 4.69) is 20.6 Å². The summed E-state index contributed by atoms with van der Waals surface area (Å²) in [5.41, 5.74) is 1.14. The third-order valence-corrected chi connectivity index (χ3v) is 5.41. The summed E-state index contributed by atoms with van der Waals surface area (Å²) >= 11 is 1.69. The molecule has 0 spiro atoms. The Morgan fingerprint density at radius 1 is 1.61 bits per heavy atom. The molecule has 1 N–H and O–H groups in total. The Morgan fingerprint density at radius 3 is 3.22 bits per heavy atom. The number of hydrogen-bond acceptors (Lipinski definition) is 6. The number of rotatable bonds is 6. The summed E-state index contributed by atoms with van der Waals surface area (Å²) in [5.74, 6) is 0.500. The lowest BCUT2D eigenvalue weighted by Gasteiger charge is -2.33. The molecule has 0 aliphatic carbocycles. The zero-order valence-electron chi connectivity index (χ0n) is 13.8. The van der Waals surface area contributed by atoms with Gasteiger partial charge in [0, 0.05) is 32.1 Å². The molecule has 0 radical (unpaired) electrons. The van der Waals surface area contributed by atoms with Gasteiger partial charge in [0.1, 0.15) is 6.10 Å². The number of nitrogens with one attached hydrogen (secondary N) is 1. The van der Waals surface area contributed by atoms with Crippen molar-refractivity contribution >= 4 is 17.2 Å². The van der Waals surface area contributed by atoms with E-state index in [1.54, 1.807) is 18.4 Å². The van der Waals surface area contributed by atoms with E-state index in [9.17, 15) is 4.79 Å². The van der Waals surface area contributed by atoms with E-state index < -0.39 is 0 Å². The highest BCUT2D eigenvalue weighted by atomic mass is 32.1. The van der Waals surface area contributed by atoms with Gasteiger partial charge >= 0.3 is 0 Å². The number of carbonyl (C=O) groups excluding carboxylic acids is 1. The van der Waals surface area contributed by atoms with Crippen LogP contribution in [0.15, 0.2) is 5.38 Å². The van der Waals surface area contributed by atoms with Crippen molar-refractivity contribution in [2.45, 2.75) is 38.5 Å². The number of aryl methyl sites for hydroxylation is 1. The first-order chi connectivity index (χ1) is 11.2. The Morgan fingerprint density at radius 2 is 2.48 bits per heavy atom. The van der Waals surface area contributed by atoms with Gasteiger partial charge < -0.3 is 14.8 Å². The molecule has 0 unspecified atom stereocenters. The lowest BCUT2D eigenvalue weighted by atomic mass is 9.91. The van der Waals surface area contributed by atoms with Crippen molar-refractivity contribution in [1.82, 2.24) is 15.2 Å². The van der Waals surface area contributed by atoms with E-state index in [0.717, 1.165) is 43.2 Å². The highest BCUT2D eigenvalue weighted by molar-refractivity contribution is 7.09. The first-order valence-corrected chi connectivity index (χ1v) is 9.09. The lowest BCUT2D eigenvalue weighted by Crippen LogP contribution is -2.42. The van der Waals surface area contributed by atoms with Gasteiger partial charge in [-0.05, 0) is 32.2 Å². The molecule has 23 heavy (non-hydrogen) atoms. The van der Waals surface area contributed by atoms with E-state index >= 15 is 0 Å². The van der Waals surface area contributed by atoms with Crippen LogP contribution in [0.2, 0.25) is 0 Å². The minimum Gasteiger partial charge on any atom is -0.383 e. The molecule has 1 aromatic heterocycles. The number of ether oxygens (including phenoxy) is 2. The van der Waals surface area contributed by atoms with Crippen LogP contribution in [0, 0.1) is 12.8 Å². The molecule has 7 heteroatoms. The van der Waals surface area contributed by atoms with Crippen molar-refractivity contribution in [2.24, 2.45) is 5.92 Å². The molecular weight excluding hydrogens is 314 g/mol. The highest BCUT2D eigenvalue weighted by Gasteiger charge is 2.41. The van der Waals surface area contributed by atoms with Crippen LogP contribution < -0.4 is 5.32 Å². The minimum absolute atomic E-state index is 0.00174. The number of aromatic nitrogens is 1. The molecule has 0 saturated carbocycles. The van der Waals surface area contributed by atoms with Crippen molar-refractivity contribution in [3.05, 3.63) is 16.1 Å². The Bertz CT molecular complexity index is 536. The van der Waals surface area contributed by atoms with Gasteiger partial charge in [0.25, 0.3) is 0 Å². The molecule has 128 valence electrons. The maximum absolute atomic E-state index is 12.1. The Hall–Kier alpha value is -1.02. The maximum atomic E-state index is 12.1. The van der Waals surface area contributed by atoms with Gasteiger partial charge in [-0.1, -0.05) is 0 Å². The third kappa shape index (κ3) is 4.29. The maximum Gasteiger partial charge on any atom is 0.249 e. The van der Waals surface area contributed by atoms with E-state index in [4.69, 9.17) is 9.47 Å². The summed E-state index contributed by atoms with van der Waals surface area (Å²) in [6.07, 6.45) is 1.80. The standard InChI is InChI=1S/C16H25N3O3S/c1-11-18-13(10-23-11)8-19-5-3-12-7-14(22-15(12)9-19)16(20)17-4-6-21-2/h10,12,14-15H,3-9H2,1-2H3,(H,17,20)/t12-,14-,15-/m0/s1. The SMILES string of the molecule is COCCNC(=O)[C@@H]1C[C@@H]2CCN(Cc3csc(C)n3)C[C@@H]2O1. The molecule has 0 bridgehead atoms. The fraction of sp³-hybridized carbons (Fsp3) is 0.750. The van der Waals surface area contributed by atoms with Crippen LogP contribution in [0.3, 0.4) is 0 Å². The first kappa shape index (κ1) is 16.8. The molecule has 2 aliphatic rings. The van der Waals surface area contributed by atoms with Gasteiger partial charge in [0.2, 0.25) is 5.91 Å². The van der Waals surface area contributed by atoms with Gasteiger partial charge in [0.15, 0.2) is 0 Å². The number of hydrogen-bond donors (Lipinski definition) is 1. The quantitative estimate of drug-likeness (QED) is 0.789. The van der Waals surface area contributed by atoms with Crippen LogP contribution in [-0.4, -0.2) is 61.3 Å². The molecule has 1 amide bonds. The smallest absolute Gasteiger partial charge is 0.249 e. The van der Waals surface area contributed by atoms with Crippen molar-refractivity contribution in [3.63, 3.8) is 0 Å². The average Bonchev–Trinajstić information content (AvgIpc) is 3.13. The zero-order valence-corrected chi connectivity index (χ0v) is 14.6. The lowest BCUT2D eigenvalue weighted by molar-refractivity contribution is -0.133. The highest BCUT2D eigenvalue weighted by Crippen LogP contribution is 2.33. The number of amides is 1. The second-order valence-electron chi connectivity index (χ2n) is 6.32. The molecule has 3 heterocycles. The van der Waals surface area contributed by atoms with Gasteiger partial charge in [-0.2, -0.15) is 0 Å². The van der Waals surface area contributed by atoms with Crippen molar-refractivity contribution in [1.29, 1.82) is 0 Å². The van der Waals surface area contributed by atoms with E-state index in [-0.39, 0.29) is 18.1 Å². The predicted octanol–water partition coefficient (Wildman–Crippen LogP) is 1.19. The summed E-state index contributed by atoms with van der Waals surface area (Å²) in [5, 5.41) is 6.12. The zero-order chi connectivity index (χ0) is 16.2. The second-order valence-corrected chi connectivity index (χ2v) is 7.39. The summed E-state index contributed by atoms with van der Waals surface area (Å²) < 4.78 is 11.0. The second kappa shape index (κ2) is 7.70. The van der Waals surface area contributed by atoms with Gasteiger partial charge in [-0.25, -0.2) is 4.98 Å². The predicted molar refractivity (Wildman–Crippen MR) is 88.4 cm³/mol. The van der Waals surface area contributed by atoms with Gasteiger partial charge in [0.05, 0.1) is 23.4 Å². The largest absolute Gasteiger partial charge is 0.383 e. The average molecular weight is 339 g/mol. The number of likely N-dealkylation sites (tertiary alicyclic amines) is 1. The summed E-state index contributed by atoms with van der Waals surface area (Å²) in [4.78, 5) is 19.1. The summed E-state index contributed by atoms with van der Waals surface area (Å²) in [7, 11) is 1.63. The number of methoxy groups -OCH3 is 1. The number of piperidine rings is 1. The molecule has 2 fully saturated rings. The molecule has 2 saturated heterocycles. The van der Waals surface area contributed by atoms with Gasteiger partial charge in [-0.3, -0.25) is 9.69 Å². The van der Waals surface area contributed by atoms with Crippen LogP contribution in [0.25, 0.3) is 0 Å². The Kier molecular flexibility index (Phi) is 5.63.